The predicted molar refractivity (Wildman–Crippen MR) is 68.8 cm³/mol. The first-order valence-corrected chi connectivity index (χ1v) is 6.00. The number of rotatable bonds is 2. The highest BCUT2D eigenvalue weighted by Gasteiger charge is 2.12. The zero-order chi connectivity index (χ0) is 15.0. The fourth-order valence-corrected chi connectivity index (χ4v) is 1.96. The monoisotopic (exact) mass is 292 g/mol. The van der Waals surface area contributed by atoms with Crippen LogP contribution in [0, 0.1) is 23.3 Å². The van der Waals surface area contributed by atoms with Crippen LogP contribution >= 0.6 is 0 Å². The Hall–Kier alpha value is -2.63. The maximum Gasteiger partial charge on any atom is 0.194 e. The van der Waals surface area contributed by atoms with Crippen LogP contribution in [0.3, 0.4) is 0 Å². The van der Waals surface area contributed by atoms with Crippen LogP contribution in [0.5, 0.6) is 0 Å². The van der Waals surface area contributed by atoms with Crippen molar-refractivity contribution in [2.75, 3.05) is 0 Å². The van der Waals surface area contributed by atoms with E-state index in [9.17, 15) is 17.6 Å². The molecule has 0 radical (unpaired) electrons. The number of benzene rings is 2. The van der Waals surface area contributed by atoms with E-state index in [1.165, 1.54) is 29.2 Å². The van der Waals surface area contributed by atoms with Gasteiger partial charge in [-0.1, -0.05) is 12.1 Å². The van der Waals surface area contributed by atoms with Gasteiger partial charge in [-0.2, -0.15) is 5.10 Å². The fraction of sp³-hybridized carbons (Fsp3) is 0. The molecule has 3 rings (SSSR count). The minimum atomic E-state index is -1.53. The second-order valence-corrected chi connectivity index (χ2v) is 4.41. The van der Waals surface area contributed by atoms with Gasteiger partial charge in [0.05, 0.1) is 11.9 Å². The van der Waals surface area contributed by atoms with E-state index in [1.54, 1.807) is 12.1 Å². The van der Waals surface area contributed by atoms with Crippen molar-refractivity contribution in [2.45, 2.75) is 0 Å². The van der Waals surface area contributed by atoms with Crippen molar-refractivity contribution < 1.29 is 17.6 Å². The Labute approximate surface area is 117 Å². The summed E-state index contributed by atoms with van der Waals surface area (Å²) in [7, 11) is 0. The van der Waals surface area contributed by atoms with E-state index in [0.717, 1.165) is 12.1 Å². The van der Waals surface area contributed by atoms with Crippen molar-refractivity contribution in [3.05, 3.63) is 72.1 Å². The lowest BCUT2D eigenvalue weighted by atomic mass is 10.1. The molecule has 0 N–H and O–H groups in total. The molecule has 3 aromatic rings. The van der Waals surface area contributed by atoms with Crippen LogP contribution in [-0.4, -0.2) is 9.78 Å². The van der Waals surface area contributed by atoms with Gasteiger partial charge in [-0.3, -0.25) is 0 Å². The van der Waals surface area contributed by atoms with Crippen molar-refractivity contribution in [2.24, 2.45) is 0 Å². The van der Waals surface area contributed by atoms with Crippen molar-refractivity contribution in [1.82, 2.24) is 9.78 Å². The van der Waals surface area contributed by atoms with Crippen LogP contribution in [0.15, 0.2) is 48.8 Å². The standard InChI is InChI=1S/C15H8F4N2/c16-11-3-1-2-9(4-11)10-7-20-21(8-10)12-5-13(17)15(19)14(18)6-12/h1-8H. The van der Waals surface area contributed by atoms with E-state index >= 15 is 0 Å². The molecular weight excluding hydrogens is 284 g/mol. The number of hydrogen-bond acceptors (Lipinski definition) is 1. The van der Waals surface area contributed by atoms with Gasteiger partial charge in [-0.25, -0.2) is 22.2 Å². The maximum absolute atomic E-state index is 13.2. The number of nitrogens with zero attached hydrogens (tertiary/aromatic N) is 2. The van der Waals surface area contributed by atoms with Crippen molar-refractivity contribution >= 4 is 0 Å². The van der Waals surface area contributed by atoms with Crippen LogP contribution in [0.4, 0.5) is 17.6 Å². The van der Waals surface area contributed by atoms with Gasteiger partial charge in [-0.05, 0) is 17.7 Å². The normalized spacial score (nSPS) is 10.9. The first-order chi connectivity index (χ1) is 10.0. The zero-order valence-electron chi connectivity index (χ0n) is 10.5. The molecule has 0 amide bonds. The van der Waals surface area contributed by atoms with Crippen LogP contribution in [0.25, 0.3) is 16.8 Å². The van der Waals surface area contributed by atoms with Gasteiger partial charge in [0.25, 0.3) is 0 Å². The lowest BCUT2D eigenvalue weighted by Gasteiger charge is -2.03. The molecule has 0 saturated heterocycles. The summed E-state index contributed by atoms with van der Waals surface area (Å²) in [5.74, 6) is -4.53. The Bertz CT molecular complexity index is 788. The first-order valence-electron chi connectivity index (χ1n) is 6.00. The lowest BCUT2D eigenvalue weighted by molar-refractivity contribution is 0.446. The molecule has 0 aliphatic rings. The van der Waals surface area contributed by atoms with Crippen LogP contribution in [0.1, 0.15) is 0 Å². The summed E-state index contributed by atoms with van der Waals surface area (Å²) in [6.45, 7) is 0. The van der Waals surface area contributed by atoms with Gasteiger partial charge < -0.3 is 0 Å². The molecule has 0 unspecified atom stereocenters. The molecule has 21 heavy (non-hydrogen) atoms. The fourth-order valence-electron chi connectivity index (χ4n) is 1.96. The molecule has 2 nitrogen and oxygen atoms in total. The summed E-state index contributed by atoms with van der Waals surface area (Å²) in [6.07, 6.45) is 2.90. The summed E-state index contributed by atoms with van der Waals surface area (Å²) in [5, 5.41) is 3.94. The molecule has 1 heterocycles. The molecule has 0 fully saturated rings. The van der Waals surface area contributed by atoms with E-state index in [4.69, 9.17) is 0 Å². The van der Waals surface area contributed by atoms with Gasteiger partial charge in [0.15, 0.2) is 17.5 Å². The van der Waals surface area contributed by atoms with E-state index < -0.39 is 23.3 Å². The van der Waals surface area contributed by atoms with E-state index in [2.05, 4.69) is 5.10 Å². The molecule has 0 atom stereocenters. The third-order valence-corrected chi connectivity index (χ3v) is 2.97. The molecular formula is C15H8F4N2. The highest BCUT2D eigenvalue weighted by molar-refractivity contribution is 5.62. The average Bonchev–Trinajstić information content (AvgIpc) is 2.94. The quantitative estimate of drug-likeness (QED) is 0.513. The molecule has 6 heteroatoms. The predicted octanol–water partition coefficient (Wildman–Crippen LogP) is 4.10. The number of aromatic nitrogens is 2. The van der Waals surface area contributed by atoms with Gasteiger partial charge >= 0.3 is 0 Å². The Morgan fingerprint density at radius 1 is 0.857 bits per heavy atom. The smallest absolute Gasteiger partial charge is 0.194 e. The second kappa shape index (κ2) is 5.05. The highest BCUT2D eigenvalue weighted by atomic mass is 19.2. The van der Waals surface area contributed by atoms with Crippen LogP contribution in [-0.2, 0) is 0 Å². The molecule has 1 aromatic heterocycles. The first kappa shape index (κ1) is 13.4. The summed E-state index contributed by atoms with van der Waals surface area (Å²) in [5.41, 5.74) is 1.18. The van der Waals surface area contributed by atoms with Gasteiger partial charge in [-0.15, -0.1) is 0 Å². The summed E-state index contributed by atoms with van der Waals surface area (Å²) in [4.78, 5) is 0. The largest absolute Gasteiger partial charge is 0.240 e. The minimum Gasteiger partial charge on any atom is -0.240 e. The SMILES string of the molecule is Fc1cccc(-c2cnn(-c3cc(F)c(F)c(F)c3)c2)c1. The Balaban J connectivity index is 2.02. The van der Waals surface area contributed by atoms with Crippen molar-refractivity contribution in [3.63, 3.8) is 0 Å². The molecule has 0 saturated carbocycles. The summed E-state index contributed by atoms with van der Waals surface area (Å²) < 4.78 is 53.7. The third-order valence-electron chi connectivity index (χ3n) is 2.97. The Morgan fingerprint density at radius 2 is 1.57 bits per heavy atom. The average molecular weight is 292 g/mol. The lowest BCUT2D eigenvalue weighted by Crippen LogP contribution is -1.99. The summed E-state index contributed by atoms with van der Waals surface area (Å²) in [6, 6.07) is 7.50. The number of halogens is 4. The Morgan fingerprint density at radius 3 is 2.24 bits per heavy atom. The zero-order valence-corrected chi connectivity index (χ0v) is 10.5. The number of hydrogen-bond donors (Lipinski definition) is 0. The van der Waals surface area contributed by atoms with Gasteiger partial charge in [0.1, 0.15) is 5.82 Å². The van der Waals surface area contributed by atoms with E-state index in [0.29, 0.717) is 11.1 Å². The molecule has 0 aliphatic heterocycles. The molecule has 106 valence electrons. The Kier molecular flexibility index (Phi) is 3.21. The molecule has 0 spiro atoms. The summed E-state index contributed by atoms with van der Waals surface area (Å²) >= 11 is 0. The van der Waals surface area contributed by atoms with Gasteiger partial charge in [0.2, 0.25) is 0 Å². The third kappa shape index (κ3) is 2.52. The highest BCUT2D eigenvalue weighted by Crippen LogP contribution is 2.22. The van der Waals surface area contributed by atoms with Crippen LogP contribution in [0.2, 0.25) is 0 Å². The van der Waals surface area contributed by atoms with Crippen LogP contribution < -0.4 is 0 Å². The topological polar surface area (TPSA) is 17.8 Å². The van der Waals surface area contributed by atoms with E-state index in [1.807, 2.05) is 0 Å². The molecule has 2 aromatic carbocycles. The second-order valence-electron chi connectivity index (χ2n) is 4.41. The maximum atomic E-state index is 13.2. The molecule has 0 bridgehead atoms. The van der Waals surface area contributed by atoms with Gasteiger partial charge in [0, 0.05) is 23.9 Å². The minimum absolute atomic E-state index is 0.0362. The van der Waals surface area contributed by atoms with E-state index in [-0.39, 0.29) is 5.69 Å². The van der Waals surface area contributed by atoms with Crippen molar-refractivity contribution in [3.8, 4) is 16.8 Å². The van der Waals surface area contributed by atoms with Crippen molar-refractivity contribution in [1.29, 1.82) is 0 Å². The molecule has 0 aliphatic carbocycles.